The lowest BCUT2D eigenvalue weighted by Gasteiger charge is -2.59. The number of ether oxygens (including phenoxy) is 3. The summed E-state index contributed by atoms with van der Waals surface area (Å²) >= 11 is 0. The van der Waals surface area contributed by atoms with Crippen LogP contribution in [-0.2, 0) is 14.4 Å². The molecule has 1 heterocycles. The van der Waals surface area contributed by atoms with Gasteiger partial charge in [-0.2, -0.15) is 0 Å². The fourth-order valence-corrected chi connectivity index (χ4v) is 8.54. The summed E-state index contributed by atoms with van der Waals surface area (Å²) in [5.74, 6) is 0.287. The smallest absolute Gasteiger partial charge is 0.239 e. The second-order valence-electron chi connectivity index (χ2n) is 16.0. The number of fused-ring (bicyclic) bond motifs is 2. The highest BCUT2D eigenvalue weighted by molar-refractivity contribution is 6.03. The van der Waals surface area contributed by atoms with E-state index in [1.807, 2.05) is 57.0 Å². The first-order valence-corrected chi connectivity index (χ1v) is 19.3. The van der Waals surface area contributed by atoms with Gasteiger partial charge in [-0.15, -0.1) is 6.58 Å². The van der Waals surface area contributed by atoms with Crippen molar-refractivity contribution in [2.45, 2.75) is 102 Å². The van der Waals surface area contributed by atoms with Gasteiger partial charge in [0.15, 0.2) is 0 Å². The first-order chi connectivity index (χ1) is 25.5. The highest BCUT2D eigenvalue weighted by atomic mass is 16.7. The second-order valence-corrected chi connectivity index (χ2v) is 16.0. The van der Waals surface area contributed by atoms with E-state index in [0.717, 1.165) is 61.7 Å². The zero-order valence-electron chi connectivity index (χ0n) is 31.7. The molecule has 0 unspecified atom stereocenters. The molecule has 1 amide bonds. The molecule has 286 valence electrons. The van der Waals surface area contributed by atoms with Gasteiger partial charge in [0.05, 0.1) is 18.2 Å². The molecule has 53 heavy (non-hydrogen) atoms. The molecule has 0 saturated heterocycles. The minimum Gasteiger partial charge on any atom is -0.459 e. The predicted molar refractivity (Wildman–Crippen MR) is 203 cm³/mol. The van der Waals surface area contributed by atoms with Gasteiger partial charge in [-0.25, -0.2) is 0 Å². The van der Waals surface area contributed by atoms with Crippen LogP contribution in [0.25, 0.3) is 0 Å². The molecule has 2 aromatic carbocycles. The summed E-state index contributed by atoms with van der Waals surface area (Å²) < 4.78 is 20.5. The number of carbonyl (C=O) groups excluding carboxylic acids is 2. The molecule has 0 radical (unpaired) electrons. The molecule has 2 fully saturated rings. The van der Waals surface area contributed by atoms with Crippen molar-refractivity contribution < 1.29 is 38.9 Å². The summed E-state index contributed by atoms with van der Waals surface area (Å²) in [5, 5.41) is 24.5. The maximum Gasteiger partial charge on any atom is 0.239 e. The Bertz CT molecular complexity index is 1690. The summed E-state index contributed by atoms with van der Waals surface area (Å²) in [6, 6.07) is 12.4. The van der Waals surface area contributed by atoms with Crippen molar-refractivity contribution in [1.29, 1.82) is 0 Å². The topological polar surface area (TPSA) is 127 Å². The van der Waals surface area contributed by atoms with E-state index >= 15 is 0 Å². The van der Waals surface area contributed by atoms with E-state index in [4.69, 9.17) is 24.2 Å². The third-order valence-corrected chi connectivity index (χ3v) is 11.0. The zero-order valence-corrected chi connectivity index (χ0v) is 31.7. The number of aliphatic hydroxyl groups is 2. The Kier molecular flexibility index (Phi) is 12.1. The lowest BCUT2D eigenvalue weighted by molar-refractivity contribution is -0.256. The number of nitrogens with zero attached hydrogens (tertiary/aromatic N) is 2. The summed E-state index contributed by atoms with van der Waals surface area (Å²) in [6.07, 6.45) is 11.7. The number of hydrogen-bond acceptors (Lipinski definition) is 9. The first kappa shape index (κ1) is 38.7. The van der Waals surface area contributed by atoms with E-state index in [-0.39, 0.29) is 55.3 Å². The van der Waals surface area contributed by atoms with E-state index < -0.39 is 17.4 Å². The Morgan fingerprint density at radius 3 is 2.47 bits per heavy atom. The lowest BCUT2D eigenvalue weighted by Crippen LogP contribution is -2.69. The number of oxime groups is 1. The van der Waals surface area contributed by atoms with Gasteiger partial charge in [-0.05, 0) is 107 Å². The number of allylic oxidation sites excluding steroid dienone is 1. The number of likely N-dealkylation sites (N-methyl/N-ethyl adjacent to an activating group) is 1. The third kappa shape index (κ3) is 8.40. The molecule has 10 nitrogen and oxygen atoms in total. The third-order valence-electron chi connectivity index (χ3n) is 11.0. The number of benzene rings is 2. The average Bonchev–Trinajstić information content (AvgIpc) is 4.00. The molecule has 0 bridgehead atoms. The van der Waals surface area contributed by atoms with Crippen LogP contribution in [0.2, 0.25) is 0 Å². The van der Waals surface area contributed by atoms with Crippen LogP contribution < -0.4 is 9.47 Å². The molecular weight excluding hydrogens is 672 g/mol. The maximum atomic E-state index is 13.9. The zero-order chi connectivity index (χ0) is 37.8. The van der Waals surface area contributed by atoms with Gasteiger partial charge in [0, 0.05) is 49.6 Å². The van der Waals surface area contributed by atoms with Crippen LogP contribution in [0.5, 0.6) is 17.2 Å². The Balaban J connectivity index is 1.57. The van der Waals surface area contributed by atoms with Crippen molar-refractivity contribution in [3.63, 3.8) is 0 Å². The summed E-state index contributed by atoms with van der Waals surface area (Å²) in [6.45, 7) is 10.3. The number of unbranched alkanes of at least 4 members (excludes halogenated alkanes) is 2. The van der Waals surface area contributed by atoms with Gasteiger partial charge >= 0.3 is 0 Å². The van der Waals surface area contributed by atoms with Crippen LogP contribution in [-0.4, -0.2) is 77.3 Å². The number of amides is 1. The molecule has 0 aromatic heterocycles. The molecule has 10 heteroatoms. The van der Waals surface area contributed by atoms with Crippen molar-refractivity contribution in [3.05, 3.63) is 77.9 Å². The van der Waals surface area contributed by atoms with Crippen molar-refractivity contribution in [2.75, 3.05) is 26.9 Å². The van der Waals surface area contributed by atoms with Crippen LogP contribution >= 0.6 is 0 Å². The summed E-state index contributed by atoms with van der Waals surface area (Å²) in [7, 11) is 1.86. The van der Waals surface area contributed by atoms with Crippen LogP contribution in [0.3, 0.4) is 0 Å². The minimum atomic E-state index is -1.27. The maximum absolute atomic E-state index is 13.9. The van der Waals surface area contributed by atoms with E-state index in [9.17, 15) is 19.8 Å². The molecular formula is C43H56N2O8. The Morgan fingerprint density at radius 2 is 1.79 bits per heavy atom. The fourth-order valence-electron chi connectivity index (χ4n) is 8.54. The predicted octanol–water partition coefficient (Wildman–Crippen LogP) is 7.59. The summed E-state index contributed by atoms with van der Waals surface area (Å²) in [4.78, 5) is 33.5. The number of aliphatic hydroxyl groups excluding tert-OH is 2. The van der Waals surface area contributed by atoms with Crippen LogP contribution in [0, 0.1) is 23.7 Å². The quantitative estimate of drug-likeness (QED) is 0.0739. The highest BCUT2D eigenvalue weighted by Gasteiger charge is 2.65. The number of hydrogen-bond donors (Lipinski definition) is 2. The van der Waals surface area contributed by atoms with E-state index in [2.05, 4.69) is 12.7 Å². The largest absolute Gasteiger partial charge is 0.459 e. The Hall–Kier alpha value is -3.99. The molecule has 4 aliphatic rings. The monoisotopic (exact) mass is 728 g/mol. The van der Waals surface area contributed by atoms with Gasteiger partial charge in [0.2, 0.25) is 11.7 Å². The lowest BCUT2D eigenvalue weighted by atomic mass is 9.55. The molecule has 2 N–H and O–H groups in total. The van der Waals surface area contributed by atoms with Crippen molar-refractivity contribution in [3.8, 4) is 17.2 Å². The Labute approximate surface area is 313 Å². The van der Waals surface area contributed by atoms with Gasteiger partial charge in [0.25, 0.3) is 0 Å². The van der Waals surface area contributed by atoms with E-state index in [1.165, 1.54) is 0 Å². The van der Waals surface area contributed by atoms with Crippen LogP contribution in [0.15, 0.2) is 71.9 Å². The highest BCUT2D eigenvalue weighted by Crippen LogP contribution is 2.62. The van der Waals surface area contributed by atoms with Crippen molar-refractivity contribution >= 4 is 17.9 Å². The average molecular weight is 729 g/mol. The number of rotatable bonds is 17. The first-order valence-electron chi connectivity index (χ1n) is 19.3. The molecule has 3 aliphatic carbocycles. The normalized spacial score (nSPS) is 26.8. The number of carbonyl (C=O) groups is 2. The summed E-state index contributed by atoms with van der Waals surface area (Å²) in [5.41, 5.74) is 2.72. The van der Waals surface area contributed by atoms with Crippen molar-refractivity contribution in [1.82, 2.24) is 4.90 Å². The van der Waals surface area contributed by atoms with Crippen LogP contribution in [0.1, 0.15) is 100 Å². The molecule has 1 aliphatic heterocycles. The van der Waals surface area contributed by atoms with Gasteiger partial charge < -0.3 is 34.2 Å². The minimum absolute atomic E-state index is 0.0165. The Morgan fingerprint density at radius 1 is 1.06 bits per heavy atom. The standard InChI is InChI=1S/C43H56N2O8/c1-6-22-50-43-38(45(5)41(49)29-16-17-29)26-36(44-53-42(2,3)4)34-24-30(13-7-9-20-46)33(15-8-10-21-47)39(40(34)43)35-25-32(18-19-37(35)52-43)51-31-14-11-12-28(23-31)27-48/h6,11-12,14,18-19,23-25,27,29-30,33,38-40,46-47H,1,7-10,13,15-17,20-22,26H2,2-5H3/t30-,33+,38-,39+,40+,43+/m0/s1. The van der Waals surface area contributed by atoms with E-state index in [1.54, 1.807) is 24.3 Å². The molecule has 2 saturated carbocycles. The van der Waals surface area contributed by atoms with Gasteiger partial charge in [0.1, 0.15) is 35.2 Å². The number of aldehydes is 1. The molecule has 2 aromatic rings. The van der Waals surface area contributed by atoms with Gasteiger partial charge in [-0.3, -0.25) is 9.59 Å². The second kappa shape index (κ2) is 16.6. The molecule has 6 atom stereocenters. The van der Waals surface area contributed by atoms with Crippen LogP contribution in [0.4, 0.5) is 0 Å². The van der Waals surface area contributed by atoms with Gasteiger partial charge in [-0.1, -0.05) is 42.3 Å². The van der Waals surface area contributed by atoms with E-state index in [0.29, 0.717) is 42.1 Å². The molecule has 0 spiro atoms. The fraction of sp³-hybridized carbons (Fsp3) is 0.558. The SMILES string of the molecule is C=CCO[C@@]12Oc3ccc(Oc4cccc(C=O)c4)cc3[C@H]3[C@H](CCCCO)[C@@H](CCCCO)C=C(C(=NOC(C)(C)C)C[C@@H]1N(C)C(=O)C1CC1)[C@H]32. The van der Waals surface area contributed by atoms with Crippen molar-refractivity contribution in [2.24, 2.45) is 28.8 Å². The molecule has 6 rings (SSSR count).